The van der Waals surface area contributed by atoms with E-state index >= 15 is 0 Å². The summed E-state index contributed by atoms with van der Waals surface area (Å²) in [5.74, 6) is 0.446. The smallest absolute Gasteiger partial charge is 0.392 e. The zero-order valence-electron chi connectivity index (χ0n) is 22.1. The summed E-state index contributed by atoms with van der Waals surface area (Å²) in [5.41, 5.74) is -0.528. The summed E-state index contributed by atoms with van der Waals surface area (Å²) in [4.78, 5) is 0. The fourth-order valence-electron chi connectivity index (χ4n) is 9.62. The van der Waals surface area contributed by atoms with Crippen molar-refractivity contribution in [2.45, 2.75) is 130 Å². The van der Waals surface area contributed by atoms with Crippen molar-refractivity contribution in [1.29, 1.82) is 0 Å². The van der Waals surface area contributed by atoms with E-state index in [4.69, 9.17) is 0 Å². The topological polar surface area (TPSA) is 40.5 Å². The molecule has 34 heavy (non-hydrogen) atoms. The molecule has 4 rings (SSSR count). The highest BCUT2D eigenvalue weighted by atomic mass is 19.4. The first-order valence-electron chi connectivity index (χ1n) is 14.2. The second-order valence-corrected chi connectivity index (χ2v) is 13.7. The number of hydrogen-bond acceptors (Lipinski definition) is 2. The molecule has 4 saturated carbocycles. The number of rotatable bonds is 6. The van der Waals surface area contributed by atoms with Crippen LogP contribution in [-0.2, 0) is 0 Å². The minimum atomic E-state index is -4.20. The normalized spacial score (nSPS) is 46.5. The third-order valence-corrected chi connectivity index (χ3v) is 12.0. The van der Waals surface area contributed by atoms with Gasteiger partial charge >= 0.3 is 6.18 Å². The quantitative estimate of drug-likeness (QED) is 0.403. The van der Waals surface area contributed by atoms with Crippen LogP contribution in [0, 0.1) is 52.3 Å². The van der Waals surface area contributed by atoms with E-state index in [0.29, 0.717) is 30.1 Å². The summed E-state index contributed by atoms with van der Waals surface area (Å²) in [6, 6.07) is 0. The molecule has 0 aliphatic heterocycles. The molecule has 0 saturated heterocycles. The first-order chi connectivity index (χ1) is 15.7. The van der Waals surface area contributed by atoms with Gasteiger partial charge in [0.1, 0.15) is 0 Å². The maximum absolute atomic E-state index is 14.4. The predicted molar refractivity (Wildman–Crippen MR) is 130 cm³/mol. The van der Waals surface area contributed by atoms with Crippen LogP contribution in [-0.4, -0.2) is 28.1 Å². The van der Waals surface area contributed by atoms with Gasteiger partial charge in [-0.2, -0.15) is 13.2 Å². The molecule has 0 aromatic rings. The molecule has 2 N–H and O–H groups in total. The van der Waals surface area contributed by atoms with E-state index in [2.05, 4.69) is 20.8 Å². The largest absolute Gasteiger partial charge is 0.393 e. The van der Waals surface area contributed by atoms with Gasteiger partial charge in [0.2, 0.25) is 0 Å². The number of fused-ring (bicyclic) bond motifs is 5. The van der Waals surface area contributed by atoms with Crippen LogP contribution in [0.1, 0.15) is 112 Å². The lowest BCUT2D eigenvalue weighted by Gasteiger charge is -2.62. The van der Waals surface area contributed by atoms with Gasteiger partial charge < -0.3 is 10.2 Å². The zero-order chi connectivity index (χ0) is 25.1. The molecule has 0 unspecified atom stereocenters. The van der Waals surface area contributed by atoms with E-state index in [-0.39, 0.29) is 35.5 Å². The van der Waals surface area contributed by atoms with Crippen molar-refractivity contribution in [2.75, 3.05) is 0 Å². The van der Waals surface area contributed by atoms with Crippen molar-refractivity contribution < 1.29 is 23.4 Å². The molecule has 4 fully saturated rings. The van der Waals surface area contributed by atoms with Crippen molar-refractivity contribution >= 4 is 0 Å². The predicted octanol–water partition coefficient (Wildman–Crippen LogP) is 7.76. The Hall–Kier alpha value is -0.290. The molecule has 0 radical (unpaired) electrons. The van der Waals surface area contributed by atoms with Crippen molar-refractivity contribution in [3.05, 3.63) is 0 Å². The van der Waals surface area contributed by atoms with E-state index in [0.717, 1.165) is 57.8 Å². The van der Waals surface area contributed by atoms with Gasteiger partial charge in [-0.3, -0.25) is 0 Å². The fourth-order valence-corrected chi connectivity index (χ4v) is 9.62. The molecule has 2 nitrogen and oxygen atoms in total. The number of halogens is 3. The Bertz CT molecular complexity index is 723. The molecule has 0 bridgehead atoms. The SMILES string of the molecule is CC[C@]1(O)CC[C@@]2(C)[C@@H](CC[C@@H]3[C@@H]2CC[C@]2(C)[C@@H]([C@@H](CC[C@@H](O)C(C)C)C(F)(F)F)CC[C@@H]32)C1. The first-order valence-corrected chi connectivity index (χ1v) is 14.2. The van der Waals surface area contributed by atoms with Crippen LogP contribution in [0.4, 0.5) is 13.2 Å². The fraction of sp³-hybridized carbons (Fsp3) is 1.00. The Kier molecular flexibility index (Phi) is 7.26. The second-order valence-electron chi connectivity index (χ2n) is 13.7. The molecule has 0 amide bonds. The Balaban J connectivity index is 1.53. The number of aliphatic hydroxyl groups excluding tert-OH is 1. The average molecular weight is 487 g/mol. The number of hydrogen-bond donors (Lipinski definition) is 2. The maximum atomic E-state index is 14.4. The van der Waals surface area contributed by atoms with Crippen molar-refractivity contribution in [1.82, 2.24) is 0 Å². The lowest BCUT2D eigenvalue weighted by atomic mass is 9.43. The first kappa shape index (κ1) is 26.8. The van der Waals surface area contributed by atoms with Crippen molar-refractivity contribution in [3.8, 4) is 0 Å². The van der Waals surface area contributed by atoms with E-state index in [1.54, 1.807) is 0 Å². The monoisotopic (exact) mass is 486 g/mol. The van der Waals surface area contributed by atoms with Gasteiger partial charge in [-0.1, -0.05) is 34.6 Å². The summed E-state index contributed by atoms with van der Waals surface area (Å²) in [6.45, 7) is 10.5. The second kappa shape index (κ2) is 9.23. The third-order valence-electron chi connectivity index (χ3n) is 12.0. The van der Waals surface area contributed by atoms with Gasteiger partial charge in [-0.15, -0.1) is 0 Å². The highest BCUT2D eigenvalue weighted by molar-refractivity contribution is 5.11. The van der Waals surface area contributed by atoms with E-state index in [1.165, 1.54) is 0 Å². The van der Waals surface area contributed by atoms with Crippen LogP contribution in [0.15, 0.2) is 0 Å². The highest BCUT2D eigenvalue weighted by Crippen LogP contribution is 2.69. The summed E-state index contributed by atoms with van der Waals surface area (Å²) in [6.07, 6.45) is 4.92. The average Bonchev–Trinajstić information content (AvgIpc) is 3.10. The van der Waals surface area contributed by atoms with Gasteiger partial charge in [0, 0.05) is 0 Å². The summed E-state index contributed by atoms with van der Waals surface area (Å²) >= 11 is 0. The molecule has 5 heteroatoms. The summed E-state index contributed by atoms with van der Waals surface area (Å²) in [5, 5.41) is 21.2. The van der Waals surface area contributed by atoms with Crippen LogP contribution in [0.3, 0.4) is 0 Å². The Labute approximate surface area is 205 Å². The standard InChI is InChI=1S/C29H49F3O2/c1-6-28(34)16-15-26(4)19(17-28)7-8-20-21-9-10-23(27(21,5)14-13-22(20)26)24(29(30,31)32)11-12-25(33)18(2)3/h18-25,33-34H,6-17H2,1-5H3/t19-,20-,21-,22-,23+,24+,25+,26-,27-,28-/m0/s1. The van der Waals surface area contributed by atoms with Crippen molar-refractivity contribution in [3.63, 3.8) is 0 Å². The molecule has 198 valence electrons. The van der Waals surface area contributed by atoms with Crippen LogP contribution < -0.4 is 0 Å². The molecular formula is C29H49F3O2. The lowest BCUT2D eigenvalue weighted by Crippen LogP contribution is -2.56. The minimum Gasteiger partial charge on any atom is -0.393 e. The van der Waals surface area contributed by atoms with Crippen LogP contribution >= 0.6 is 0 Å². The van der Waals surface area contributed by atoms with Gasteiger partial charge in [-0.05, 0) is 123 Å². The van der Waals surface area contributed by atoms with Gasteiger partial charge in [0.05, 0.1) is 17.6 Å². The molecule has 4 aliphatic rings. The zero-order valence-corrected chi connectivity index (χ0v) is 22.1. The Morgan fingerprint density at radius 3 is 2.18 bits per heavy atom. The molecule has 0 aromatic heterocycles. The van der Waals surface area contributed by atoms with Crippen LogP contribution in [0.25, 0.3) is 0 Å². The number of aliphatic hydroxyl groups is 2. The lowest BCUT2D eigenvalue weighted by molar-refractivity contribution is -0.211. The molecule has 0 aromatic carbocycles. The van der Waals surface area contributed by atoms with E-state index < -0.39 is 23.8 Å². The number of alkyl halides is 3. The molecule has 4 aliphatic carbocycles. The minimum absolute atomic E-state index is 0.00646. The highest BCUT2D eigenvalue weighted by Gasteiger charge is 2.63. The summed E-state index contributed by atoms with van der Waals surface area (Å²) < 4.78 is 43.1. The Morgan fingerprint density at radius 2 is 1.56 bits per heavy atom. The molecular weight excluding hydrogens is 437 g/mol. The molecule has 10 atom stereocenters. The van der Waals surface area contributed by atoms with E-state index in [1.807, 2.05) is 13.8 Å². The van der Waals surface area contributed by atoms with Crippen molar-refractivity contribution in [2.24, 2.45) is 52.3 Å². The van der Waals surface area contributed by atoms with Gasteiger partial charge in [-0.25, -0.2) is 0 Å². The van der Waals surface area contributed by atoms with E-state index in [9.17, 15) is 23.4 Å². The van der Waals surface area contributed by atoms with Gasteiger partial charge in [0.15, 0.2) is 0 Å². The van der Waals surface area contributed by atoms with Gasteiger partial charge in [0.25, 0.3) is 0 Å². The van der Waals surface area contributed by atoms with Crippen LogP contribution in [0.5, 0.6) is 0 Å². The Morgan fingerprint density at radius 1 is 0.882 bits per heavy atom. The molecule has 0 spiro atoms. The van der Waals surface area contributed by atoms with Crippen LogP contribution in [0.2, 0.25) is 0 Å². The maximum Gasteiger partial charge on any atom is 0.392 e. The molecule has 0 heterocycles. The summed E-state index contributed by atoms with van der Waals surface area (Å²) in [7, 11) is 0. The third kappa shape index (κ3) is 4.48.